The first-order chi connectivity index (χ1) is 14.5. The number of hydrogen-bond acceptors (Lipinski definition) is 5. The van der Waals surface area contributed by atoms with Crippen molar-refractivity contribution >= 4 is 34.3 Å². The first kappa shape index (κ1) is 20.0. The van der Waals surface area contributed by atoms with Crippen molar-refractivity contribution < 1.29 is 22.4 Å². The second kappa shape index (κ2) is 8.23. The summed E-state index contributed by atoms with van der Waals surface area (Å²) >= 11 is 1.08. The van der Waals surface area contributed by atoms with E-state index in [1.807, 2.05) is 37.3 Å². The van der Waals surface area contributed by atoms with Gasteiger partial charge in [-0.1, -0.05) is 30.0 Å². The predicted molar refractivity (Wildman–Crippen MR) is 107 cm³/mol. The topological polar surface area (TPSA) is 73.0 Å². The lowest BCUT2D eigenvalue weighted by Gasteiger charge is -2.08. The Labute approximate surface area is 173 Å². The van der Waals surface area contributed by atoms with Crippen molar-refractivity contribution in [1.82, 2.24) is 14.8 Å². The van der Waals surface area contributed by atoms with E-state index in [2.05, 4.69) is 15.5 Å². The average molecular weight is 432 g/mol. The van der Waals surface area contributed by atoms with Crippen LogP contribution in [0, 0.1) is 17.5 Å². The summed E-state index contributed by atoms with van der Waals surface area (Å²) in [7, 11) is 0. The number of carbonyl (C=O) groups is 1. The predicted octanol–water partition coefficient (Wildman–Crippen LogP) is 4.86. The van der Waals surface area contributed by atoms with Gasteiger partial charge < -0.3 is 9.73 Å². The molecule has 2 heterocycles. The van der Waals surface area contributed by atoms with Gasteiger partial charge in [-0.15, -0.1) is 10.2 Å². The number of furan rings is 1. The molecule has 6 nitrogen and oxygen atoms in total. The number of halogens is 3. The fraction of sp³-hybridized carbons (Fsp3) is 0.150. The fourth-order valence-corrected chi connectivity index (χ4v) is 3.70. The van der Waals surface area contributed by atoms with Crippen LogP contribution < -0.4 is 5.32 Å². The van der Waals surface area contributed by atoms with E-state index in [1.165, 1.54) is 0 Å². The highest BCUT2D eigenvalue weighted by Gasteiger charge is 2.19. The van der Waals surface area contributed by atoms with Crippen molar-refractivity contribution in [2.75, 3.05) is 11.1 Å². The molecule has 0 radical (unpaired) electrons. The number of amides is 1. The molecule has 0 fully saturated rings. The number of thioether (sulfide) groups is 1. The molecule has 0 bridgehead atoms. The maximum absolute atomic E-state index is 13.7. The van der Waals surface area contributed by atoms with E-state index in [0.29, 0.717) is 23.3 Å². The zero-order chi connectivity index (χ0) is 21.3. The molecule has 1 N–H and O–H groups in total. The Balaban J connectivity index is 1.49. The molecule has 0 aliphatic carbocycles. The van der Waals surface area contributed by atoms with Gasteiger partial charge >= 0.3 is 0 Å². The van der Waals surface area contributed by atoms with Crippen molar-refractivity contribution in [1.29, 1.82) is 0 Å². The summed E-state index contributed by atoms with van der Waals surface area (Å²) in [5.41, 5.74) is 0.291. The highest BCUT2D eigenvalue weighted by Crippen LogP contribution is 2.29. The van der Waals surface area contributed by atoms with Crippen molar-refractivity contribution in [3.63, 3.8) is 0 Å². The first-order valence-corrected chi connectivity index (χ1v) is 9.94. The van der Waals surface area contributed by atoms with Gasteiger partial charge in [0.15, 0.2) is 28.4 Å². The van der Waals surface area contributed by atoms with Crippen LogP contribution in [0.15, 0.2) is 52.0 Å². The van der Waals surface area contributed by atoms with Gasteiger partial charge in [0, 0.05) is 11.9 Å². The highest BCUT2D eigenvalue weighted by atomic mass is 32.2. The van der Waals surface area contributed by atoms with Crippen LogP contribution in [0.5, 0.6) is 0 Å². The summed E-state index contributed by atoms with van der Waals surface area (Å²) in [6.45, 7) is 2.43. The van der Waals surface area contributed by atoms with E-state index < -0.39 is 29.0 Å². The van der Waals surface area contributed by atoms with Crippen LogP contribution in [0.2, 0.25) is 0 Å². The number of anilines is 1. The highest BCUT2D eigenvalue weighted by molar-refractivity contribution is 7.99. The van der Waals surface area contributed by atoms with Gasteiger partial charge in [0.1, 0.15) is 5.58 Å². The molecule has 0 aliphatic rings. The number of fused-ring (bicyclic) bond motifs is 1. The van der Waals surface area contributed by atoms with Gasteiger partial charge in [-0.2, -0.15) is 0 Å². The normalized spacial score (nSPS) is 11.2. The molecule has 1 amide bonds. The van der Waals surface area contributed by atoms with E-state index in [-0.39, 0.29) is 5.75 Å². The van der Waals surface area contributed by atoms with Crippen LogP contribution in [0.1, 0.15) is 6.92 Å². The van der Waals surface area contributed by atoms with E-state index in [4.69, 9.17) is 4.42 Å². The maximum atomic E-state index is 13.7. The molecule has 2 aromatic heterocycles. The van der Waals surface area contributed by atoms with Crippen molar-refractivity contribution in [2.24, 2.45) is 0 Å². The van der Waals surface area contributed by atoms with E-state index in [0.717, 1.165) is 34.9 Å². The van der Waals surface area contributed by atoms with Gasteiger partial charge in [0.25, 0.3) is 0 Å². The molecule has 154 valence electrons. The summed E-state index contributed by atoms with van der Waals surface area (Å²) in [5, 5.41) is 11.9. The van der Waals surface area contributed by atoms with Gasteiger partial charge in [0.2, 0.25) is 11.7 Å². The van der Waals surface area contributed by atoms with Gasteiger partial charge in [-0.25, -0.2) is 13.2 Å². The van der Waals surface area contributed by atoms with E-state index in [9.17, 15) is 18.0 Å². The molecule has 4 rings (SSSR count). The van der Waals surface area contributed by atoms with Gasteiger partial charge in [-0.3, -0.25) is 9.36 Å². The largest absolute Gasteiger partial charge is 0.453 e. The molecule has 0 aliphatic heterocycles. The molecular weight excluding hydrogens is 417 g/mol. The molecule has 2 aromatic carbocycles. The van der Waals surface area contributed by atoms with Crippen LogP contribution in [0.3, 0.4) is 0 Å². The van der Waals surface area contributed by atoms with E-state index >= 15 is 0 Å². The Morgan fingerprint density at radius 2 is 1.93 bits per heavy atom. The van der Waals surface area contributed by atoms with Crippen molar-refractivity contribution in [2.45, 2.75) is 18.6 Å². The summed E-state index contributed by atoms with van der Waals surface area (Å²) in [4.78, 5) is 12.1. The van der Waals surface area contributed by atoms with E-state index in [1.54, 1.807) is 4.57 Å². The number of nitrogens with zero attached hydrogens (tertiary/aromatic N) is 3. The molecular formula is C20H15F3N4O2S. The maximum Gasteiger partial charge on any atom is 0.234 e. The zero-order valence-electron chi connectivity index (χ0n) is 15.7. The smallest absolute Gasteiger partial charge is 0.234 e. The monoisotopic (exact) mass is 432 g/mol. The lowest BCUT2D eigenvalue weighted by atomic mass is 10.2. The number of para-hydroxylation sites is 1. The lowest BCUT2D eigenvalue weighted by Crippen LogP contribution is -2.16. The third-order valence-corrected chi connectivity index (χ3v) is 5.29. The zero-order valence-corrected chi connectivity index (χ0v) is 16.5. The molecule has 10 heteroatoms. The second-order valence-electron chi connectivity index (χ2n) is 6.26. The number of carbonyl (C=O) groups excluding carboxylic acids is 1. The van der Waals surface area contributed by atoms with Crippen molar-refractivity contribution in [3.05, 3.63) is 59.9 Å². The molecule has 0 saturated carbocycles. The first-order valence-electron chi connectivity index (χ1n) is 8.96. The molecule has 0 spiro atoms. The SMILES string of the molecule is CCn1c(SCC(=O)Nc2ccc(F)c(F)c2F)nnc1-c1cc2ccccc2o1. The number of rotatable bonds is 6. The Kier molecular flexibility index (Phi) is 5.49. The van der Waals surface area contributed by atoms with Crippen LogP contribution in [-0.4, -0.2) is 26.4 Å². The van der Waals surface area contributed by atoms with Crippen molar-refractivity contribution in [3.8, 4) is 11.6 Å². The summed E-state index contributed by atoms with van der Waals surface area (Å²) < 4.78 is 47.6. The Bertz CT molecular complexity index is 1210. The lowest BCUT2D eigenvalue weighted by molar-refractivity contribution is -0.113. The second-order valence-corrected chi connectivity index (χ2v) is 7.20. The third-order valence-electron chi connectivity index (χ3n) is 4.32. The van der Waals surface area contributed by atoms with Crippen LogP contribution >= 0.6 is 11.8 Å². The average Bonchev–Trinajstić information content (AvgIpc) is 3.36. The minimum atomic E-state index is -1.64. The summed E-state index contributed by atoms with van der Waals surface area (Å²) in [6.07, 6.45) is 0. The standard InChI is InChI=1S/C20H15F3N4O2S/c1-2-27-19(15-9-11-5-3-4-6-14(11)29-15)25-26-20(27)30-10-16(28)24-13-8-7-12(21)17(22)18(13)23/h3-9H,2,10H2,1H3,(H,24,28). The number of benzene rings is 2. The van der Waals surface area contributed by atoms with Crippen LogP contribution in [-0.2, 0) is 11.3 Å². The quantitative estimate of drug-likeness (QED) is 0.348. The Hall–Kier alpha value is -3.27. The Morgan fingerprint density at radius 1 is 1.13 bits per heavy atom. The molecule has 0 atom stereocenters. The molecule has 30 heavy (non-hydrogen) atoms. The fourth-order valence-electron chi connectivity index (χ4n) is 2.89. The molecule has 4 aromatic rings. The number of aromatic nitrogens is 3. The van der Waals surface area contributed by atoms with Gasteiger partial charge in [-0.05, 0) is 31.2 Å². The molecule has 0 unspecified atom stereocenters. The number of nitrogens with one attached hydrogen (secondary N) is 1. The summed E-state index contributed by atoms with van der Waals surface area (Å²) in [5.74, 6) is -4.07. The molecule has 0 saturated heterocycles. The number of hydrogen-bond donors (Lipinski definition) is 1. The van der Waals surface area contributed by atoms with Crippen LogP contribution in [0.25, 0.3) is 22.6 Å². The Morgan fingerprint density at radius 3 is 2.70 bits per heavy atom. The minimum absolute atomic E-state index is 0.128. The summed E-state index contributed by atoms with van der Waals surface area (Å²) in [6, 6.07) is 11.1. The van der Waals surface area contributed by atoms with Gasteiger partial charge in [0.05, 0.1) is 11.4 Å². The third kappa shape index (κ3) is 3.78. The minimum Gasteiger partial charge on any atom is -0.453 e. The van der Waals surface area contributed by atoms with Crippen LogP contribution in [0.4, 0.5) is 18.9 Å².